The van der Waals surface area contributed by atoms with E-state index >= 15 is 0 Å². The van der Waals surface area contributed by atoms with Gasteiger partial charge in [0.1, 0.15) is 10.3 Å². The Kier molecular flexibility index (Phi) is 4.13. The molecule has 11 heteroatoms. The Balaban J connectivity index is 1.70. The van der Waals surface area contributed by atoms with Crippen LogP contribution in [0.25, 0.3) is 11.8 Å². The van der Waals surface area contributed by atoms with Gasteiger partial charge in [0.15, 0.2) is 5.82 Å². The van der Waals surface area contributed by atoms with E-state index in [0.29, 0.717) is 16.2 Å². The summed E-state index contributed by atoms with van der Waals surface area (Å²) in [5.41, 5.74) is 5.98. The molecule has 0 saturated carbocycles. The van der Waals surface area contributed by atoms with Crippen molar-refractivity contribution in [1.29, 1.82) is 0 Å². The van der Waals surface area contributed by atoms with Crippen LogP contribution in [0.2, 0.25) is 0 Å². The lowest BCUT2D eigenvalue weighted by Crippen LogP contribution is -2.41. The minimum absolute atomic E-state index is 0.290. The largest absolute Gasteiger partial charge is 0.498 e. The third kappa shape index (κ3) is 3.05. The number of hydrogen-bond acceptors (Lipinski definition) is 7. The normalized spacial score (nSPS) is 18.2. The minimum Gasteiger partial charge on any atom is -0.399 e. The maximum absolute atomic E-state index is 6.08. The minimum atomic E-state index is -0.507. The molecule has 140 valence electrons. The van der Waals surface area contributed by atoms with Gasteiger partial charge >= 0.3 is 7.12 Å². The van der Waals surface area contributed by atoms with Gasteiger partial charge in [-0.3, -0.25) is 0 Å². The van der Waals surface area contributed by atoms with Crippen LogP contribution in [0.3, 0.4) is 0 Å². The SMILES string of the molecule is CC1(C)OB(c2cnn(-c3nc(-n4cccn4)nc(N)c3Br)c2)OC1(C)C. The van der Waals surface area contributed by atoms with Crippen molar-refractivity contribution in [2.75, 3.05) is 5.73 Å². The Morgan fingerprint density at radius 2 is 1.78 bits per heavy atom. The fraction of sp³-hybridized carbons (Fsp3) is 0.375. The summed E-state index contributed by atoms with van der Waals surface area (Å²) < 4.78 is 15.8. The monoisotopic (exact) mass is 431 g/mol. The zero-order valence-corrected chi connectivity index (χ0v) is 17.0. The maximum atomic E-state index is 6.08. The third-order valence-corrected chi connectivity index (χ3v) is 5.66. The number of anilines is 1. The number of nitrogens with zero attached hydrogens (tertiary/aromatic N) is 6. The molecule has 0 aromatic carbocycles. The highest BCUT2D eigenvalue weighted by Crippen LogP contribution is 2.36. The van der Waals surface area contributed by atoms with Gasteiger partial charge in [0, 0.05) is 30.3 Å². The summed E-state index contributed by atoms with van der Waals surface area (Å²) >= 11 is 3.44. The van der Waals surface area contributed by atoms with Crippen LogP contribution in [-0.2, 0) is 9.31 Å². The number of nitrogen functional groups attached to an aromatic ring is 1. The van der Waals surface area contributed by atoms with E-state index in [2.05, 4.69) is 36.1 Å². The second-order valence-electron chi connectivity index (χ2n) is 7.30. The zero-order chi connectivity index (χ0) is 19.4. The van der Waals surface area contributed by atoms with Crippen molar-refractivity contribution in [1.82, 2.24) is 29.5 Å². The van der Waals surface area contributed by atoms with Gasteiger partial charge in [0.2, 0.25) is 0 Å². The van der Waals surface area contributed by atoms with Crippen LogP contribution in [-0.4, -0.2) is 47.8 Å². The van der Waals surface area contributed by atoms with E-state index in [4.69, 9.17) is 15.0 Å². The van der Waals surface area contributed by atoms with E-state index in [-0.39, 0.29) is 5.82 Å². The molecule has 2 N–H and O–H groups in total. The molecule has 1 fully saturated rings. The number of aromatic nitrogens is 6. The van der Waals surface area contributed by atoms with Gasteiger partial charge in [-0.2, -0.15) is 20.2 Å². The van der Waals surface area contributed by atoms with Crippen LogP contribution >= 0.6 is 15.9 Å². The van der Waals surface area contributed by atoms with Gasteiger partial charge in [-0.15, -0.1) is 0 Å². The summed E-state index contributed by atoms with van der Waals surface area (Å²) in [5.74, 6) is 1.14. The molecule has 1 aliphatic rings. The molecule has 1 aliphatic heterocycles. The van der Waals surface area contributed by atoms with Crippen LogP contribution in [0.4, 0.5) is 5.82 Å². The molecule has 0 bridgehead atoms. The van der Waals surface area contributed by atoms with Crippen molar-refractivity contribution in [3.05, 3.63) is 35.3 Å². The van der Waals surface area contributed by atoms with E-state index in [9.17, 15) is 0 Å². The summed E-state index contributed by atoms with van der Waals surface area (Å²) in [5, 5.41) is 8.55. The van der Waals surface area contributed by atoms with E-state index < -0.39 is 18.3 Å². The van der Waals surface area contributed by atoms with Crippen molar-refractivity contribution >= 4 is 34.3 Å². The molecule has 3 aromatic rings. The van der Waals surface area contributed by atoms with E-state index in [1.165, 1.54) is 4.68 Å². The zero-order valence-electron chi connectivity index (χ0n) is 15.4. The second-order valence-corrected chi connectivity index (χ2v) is 8.10. The van der Waals surface area contributed by atoms with Crippen molar-refractivity contribution in [3.63, 3.8) is 0 Å². The molecule has 0 atom stereocenters. The molecule has 4 heterocycles. The summed E-state index contributed by atoms with van der Waals surface area (Å²) in [4.78, 5) is 8.78. The summed E-state index contributed by atoms with van der Waals surface area (Å²) in [6, 6.07) is 1.78. The first-order valence-electron chi connectivity index (χ1n) is 8.41. The predicted molar refractivity (Wildman–Crippen MR) is 104 cm³/mol. The lowest BCUT2D eigenvalue weighted by molar-refractivity contribution is 0.00578. The number of halogens is 1. The Morgan fingerprint density at radius 1 is 1.07 bits per heavy atom. The molecule has 0 unspecified atom stereocenters. The Hall–Kier alpha value is -2.24. The van der Waals surface area contributed by atoms with Crippen LogP contribution in [0.5, 0.6) is 0 Å². The molecule has 4 rings (SSSR count). The molecule has 0 aliphatic carbocycles. The molecule has 0 radical (unpaired) electrons. The van der Waals surface area contributed by atoms with Crippen LogP contribution in [0.15, 0.2) is 35.3 Å². The van der Waals surface area contributed by atoms with Gasteiger partial charge in [0.25, 0.3) is 5.95 Å². The molecule has 9 nitrogen and oxygen atoms in total. The average Bonchev–Trinajstić information content (AvgIpc) is 3.30. The van der Waals surface area contributed by atoms with Crippen LogP contribution in [0, 0.1) is 0 Å². The van der Waals surface area contributed by atoms with E-state index in [0.717, 1.165) is 5.46 Å². The van der Waals surface area contributed by atoms with Crippen molar-refractivity contribution in [2.24, 2.45) is 0 Å². The standard InChI is InChI=1S/C16H19BBrN7O2/c1-15(2)16(3,4)27-17(26-15)10-8-21-25(9-10)13-11(18)12(19)22-14(23-13)24-7-5-6-20-24/h5-9H,1-4H3,(H2,19,22,23). The molecule has 0 amide bonds. The summed E-state index contributed by atoms with van der Waals surface area (Å²) in [7, 11) is -0.507. The van der Waals surface area contributed by atoms with Crippen LogP contribution in [0.1, 0.15) is 27.7 Å². The van der Waals surface area contributed by atoms with Crippen molar-refractivity contribution < 1.29 is 9.31 Å². The van der Waals surface area contributed by atoms with E-state index in [1.807, 2.05) is 33.9 Å². The van der Waals surface area contributed by atoms with E-state index in [1.54, 1.807) is 29.3 Å². The quantitative estimate of drug-likeness (QED) is 0.626. The van der Waals surface area contributed by atoms with Gasteiger partial charge < -0.3 is 15.0 Å². The summed E-state index contributed by atoms with van der Waals surface area (Å²) in [6.45, 7) is 8.04. The highest BCUT2D eigenvalue weighted by molar-refractivity contribution is 9.10. The fourth-order valence-corrected chi connectivity index (χ4v) is 2.99. The first kappa shape index (κ1) is 18.1. The Bertz CT molecular complexity index is 971. The molecular weight excluding hydrogens is 413 g/mol. The number of rotatable bonds is 3. The average molecular weight is 432 g/mol. The Labute approximate surface area is 165 Å². The first-order valence-corrected chi connectivity index (χ1v) is 9.21. The molecular formula is C16H19BBrN7O2. The van der Waals surface area contributed by atoms with Gasteiger partial charge in [0.05, 0.1) is 11.2 Å². The highest BCUT2D eigenvalue weighted by atomic mass is 79.9. The first-order chi connectivity index (χ1) is 12.7. The molecule has 27 heavy (non-hydrogen) atoms. The third-order valence-electron chi connectivity index (χ3n) is 4.90. The second kappa shape index (κ2) is 6.15. The lowest BCUT2D eigenvalue weighted by atomic mass is 9.82. The maximum Gasteiger partial charge on any atom is 0.498 e. The summed E-state index contributed by atoms with van der Waals surface area (Å²) in [6.07, 6.45) is 6.89. The fourth-order valence-electron chi connectivity index (χ4n) is 2.63. The molecule has 1 saturated heterocycles. The number of nitrogens with two attached hydrogens (primary N) is 1. The topological polar surface area (TPSA) is 106 Å². The van der Waals surface area contributed by atoms with Gasteiger partial charge in [-0.05, 0) is 49.7 Å². The van der Waals surface area contributed by atoms with Gasteiger partial charge in [-0.1, -0.05) is 0 Å². The van der Waals surface area contributed by atoms with Crippen LogP contribution < -0.4 is 11.2 Å². The highest BCUT2D eigenvalue weighted by Gasteiger charge is 2.52. The molecule has 3 aromatic heterocycles. The number of hydrogen-bond donors (Lipinski definition) is 1. The van der Waals surface area contributed by atoms with Gasteiger partial charge in [-0.25, -0.2) is 9.36 Å². The van der Waals surface area contributed by atoms with Crippen molar-refractivity contribution in [3.8, 4) is 11.8 Å². The lowest BCUT2D eigenvalue weighted by Gasteiger charge is -2.32. The van der Waals surface area contributed by atoms with Crippen molar-refractivity contribution in [2.45, 2.75) is 38.9 Å². The molecule has 0 spiro atoms. The smallest absolute Gasteiger partial charge is 0.399 e. The Morgan fingerprint density at radius 3 is 2.41 bits per heavy atom. The predicted octanol–water partition coefficient (Wildman–Crippen LogP) is 1.49.